The van der Waals surface area contributed by atoms with Crippen LogP contribution in [0.1, 0.15) is 17.0 Å². The molecule has 1 saturated heterocycles. The lowest BCUT2D eigenvalue weighted by Crippen LogP contribution is -2.24. The minimum Gasteiger partial charge on any atom is -0.459 e. The fraction of sp³-hybridized carbons (Fsp3) is 0.214. The molecule has 7 heteroatoms. The molecule has 6 nitrogen and oxygen atoms in total. The zero-order valence-electron chi connectivity index (χ0n) is 11.2. The zero-order chi connectivity index (χ0) is 14.9. The average molecular weight is 306 g/mol. The summed E-state index contributed by atoms with van der Waals surface area (Å²) < 4.78 is 30.0. The number of sulfonamides is 1. The Balaban J connectivity index is 1.74. The minimum atomic E-state index is -3.18. The van der Waals surface area contributed by atoms with E-state index in [4.69, 9.17) is 4.42 Å². The number of anilines is 2. The predicted molar refractivity (Wildman–Crippen MR) is 78.9 cm³/mol. The fourth-order valence-corrected chi connectivity index (χ4v) is 3.81. The van der Waals surface area contributed by atoms with Gasteiger partial charge in [-0.1, -0.05) is 0 Å². The average Bonchev–Trinajstić information content (AvgIpc) is 3.09. The number of carbonyl (C=O) groups is 1. The molecule has 1 aliphatic heterocycles. The first kappa shape index (κ1) is 13.7. The highest BCUT2D eigenvalue weighted by Crippen LogP contribution is 2.25. The molecule has 21 heavy (non-hydrogen) atoms. The van der Waals surface area contributed by atoms with Crippen LogP contribution >= 0.6 is 0 Å². The molecule has 1 fully saturated rings. The Kier molecular flexibility index (Phi) is 3.42. The van der Waals surface area contributed by atoms with Crippen molar-refractivity contribution < 1.29 is 17.6 Å². The van der Waals surface area contributed by atoms with E-state index in [-0.39, 0.29) is 17.4 Å². The molecule has 110 valence electrons. The highest BCUT2D eigenvalue weighted by Gasteiger charge is 2.28. The number of amides is 1. The minimum absolute atomic E-state index is 0.185. The topological polar surface area (TPSA) is 79.6 Å². The Bertz CT molecular complexity index is 736. The van der Waals surface area contributed by atoms with Gasteiger partial charge in [-0.25, -0.2) is 8.42 Å². The van der Waals surface area contributed by atoms with Gasteiger partial charge in [0.25, 0.3) is 5.91 Å². The summed E-state index contributed by atoms with van der Waals surface area (Å²) in [6, 6.07) is 9.91. The largest absolute Gasteiger partial charge is 0.459 e. The maximum absolute atomic E-state index is 11.8. The van der Waals surface area contributed by atoms with Gasteiger partial charge in [0.05, 0.1) is 17.7 Å². The van der Waals surface area contributed by atoms with E-state index in [1.54, 1.807) is 36.4 Å². The number of hydrogen-bond acceptors (Lipinski definition) is 4. The summed E-state index contributed by atoms with van der Waals surface area (Å²) in [4.78, 5) is 11.8. The third-order valence-electron chi connectivity index (χ3n) is 3.26. The molecule has 1 amide bonds. The van der Waals surface area contributed by atoms with Gasteiger partial charge in [-0.2, -0.15) is 0 Å². The van der Waals surface area contributed by atoms with Crippen LogP contribution in [0.3, 0.4) is 0 Å². The highest BCUT2D eigenvalue weighted by molar-refractivity contribution is 7.93. The number of furan rings is 1. The third-order valence-corrected chi connectivity index (χ3v) is 5.13. The van der Waals surface area contributed by atoms with E-state index < -0.39 is 10.0 Å². The smallest absolute Gasteiger partial charge is 0.291 e. The van der Waals surface area contributed by atoms with E-state index in [2.05, 4.69) is 5.32 Å². The third kappa shape index (κ3) is 2.78. The molecule has 1 aromatic heterocycles. The molecular formula is C14H14N2O4S. The summed E-state index contributed by atoms with van der Waals surface area (Å²) in [6.07, 6.45) is 2.07. The Morgan fingerprint density at radius 2 is 1.95 bits per heavy atom. The number of nitrogens with one attached hydrogen (secondary N) is 1. The second kappa shape index (κ2) is 5.25. The van der Waals surface area contributed by atoms with Crippen molar-refractivity contribution in [3.63, 3.8) is 0 Å². The second-order valence-corrected chi connectivity index (χ2v) is 6.73. The van der Waals surface area contributed by atoms with Crippen molar-refractivity contribution in [3.8, 4) is 0 Å². The summed E-state index contributed by atoms with van der Waals surface area (Å²) in [5.74, 6) is 0.0620. The van der Waals surface area contributed by atoms with Gasteiger partial charge in [-0.05, 0) is 42.8 Å². The Hall–Kier alpha value is -2.28. The van der Waals surface area contributed by atoms with Crippen LogP contribution in [0.2, 0.25) is 0 Å². The molecular weight excluding hydrogens is 292 g/mol. The van der Waals surface area contributed by atoms with E-state index in [9.17, 15) is 13.2 Å². The van der Waals surface area contributed by atoms with Crippen LogP contribution in [0.4, 0.5) is 11.4 Å². The van der Waals surface area contributed by atoms with Crippen molar-refractivity contribution in [2.45, 2.75) is 6.42 Å². The van der Waals surface area contributed by atoms with Crippen molar-refractivity contribution in [1.29, 1.82) is 0 Å². The lowest BCUT2D eigenvalue weighted by molar-refractivity contribution is 0.0996. The summed E-state index contributed by atoms with van der Waals surface area (Å²) in [6.45, 7) is 0.500. The molecule has 0 aliphatic carbocycles. The van der Waals surface area contributed by atoms with Gasteiger partial charge >= 0.3 is 0 Å². The first-order chi connectivity index (χ1) is 10.1. The predicted octanol–water partition coefficient (Wildman–Crippen LogP) is 2.07. The molecule has 3 rings (SSSR count). The molecule has 0 atom stereocenters. The Labute approximate surface area is 122 Å². The zero-order valence-corrected chi connectivity index (χ0v) is 12.0. The van der Waals surface area contributed by atoms with Gasteiger partial charge in [0, 0.05) is 12.2 Å². The van der Waals surface area contributed by atoms with Gasteiger partial charge < -0.3 is 9.73 Å². The summed E-state index contributed by atoms with van der Waals surface area (Å²) in [7, 11) is -3.18. The van der Waals surface area contributed by atoms with E-state index in [1.165, 1.54) is 10.6 Å². The van der Waals surface area contributed by atoms with Crippen LogP contribution in [0.15, 0.2) is 47.1 Å². The van der Waals surface area contributed by atoms with Crippen molar-refractivity contribution >= 4 is 27.3 Å². The Morgan fingerprint density at radius 3 is 2.52 bits per heavy atom. The molecule has 0 saturated carbocycles. The van der Waals surface area contributed by atoms with Crippen molar-refractivity contribution in [1.82, 2.24) is 0 Å². The van der Waals surface area contributed by atoms with Crippen LogP contribution in [0, 0.1) is 0 Å². The number of nitrogens with zero attached hydrogens (tertiary/aromatic N) is 1. The summed E-state index contributed by atoms with van der Waals surface area (Å²) in [5, 5.41) is 2.68. The summed E-state index contributed by atoms with van der Waals surface area (Å²) in [5.41, 5.74) is 1.19. The molecule has 1 aromatic carbocycles. The first-order valence-electron chi connectivity index (χ1n) is 6.52. The van der Waals surface area contributed by atoms with Crippen LogP contribution in [-0.4, -0.2) is 26.6 Å². The maximum atomic E-state index is 11.8. The van der Waals surface area contributed by atoms with Crippen molar-refractivity contribution in [2.75, 3.05) is 21.9 Å². The highest BCUT2D eigenvalue weighted by atomic mass is 32.2. The summed E-state index contributed by atoms with van der Waals surface area (Å²) >= 11 is 0. The van der Waals surface area contributed by atoms with Gasteiger partial charge in [-0.15, -0.1) is 0 Å². The number of benzene rings is 1. The standard InChI is InChI=1S/C14H14N2O4S/c17-14(13-3-1-9-20-13)15-11-4-6-12(7-5-11)16-8-2-10-21(16,18)19/h1,3-7,9H,2,8,10H2,(H,15,17). The van der Waals surface area contributed by atoms with E-state index in [0.29, 0.717) is 24.3 Å². The van der Waals surface area contributed by atoms with Crippen molar-refractivity contribution in [2.24, 2.45) is 0 Å². The molecule has 0 spiro atoms. The lowest BCUT2D eigenvalue weighted by atomic mass is 10.2. The van der Waals surface area contributed by atoms with Gasteiger partial charge in [0.2, 0.25) is 10.0 Å². The van der Waals surface area contributed by atoms with Crippen LogP contribution < -0.4 is 9.62 Å². The van der Waals surface area contributed by atoms with Crippen LogP contribution in [0.5, 0.6) is 0 Å². The second-order valence-electron chi connectivity index (χ2n) is 4.72. The molecule has 0 radical (unpaired) electrons. The monoisotopic (exact) mass is 306 g/mol. The van der Waals surface area contributed by atoms with E-state index >= 15 is 0 Å². The molecule has 1 aliphatic rings. The number of rotatable bonds is 3. The molecule has 0 unspecified atom stereocenters. The maximum Gasteiger partial charge on any atom is 0.291 e. The fourth-order valence-electron chi connectivity index (χ4n) is 2.24. The first-order valence-corrected chi connectivity index (χ1v) is 8.12. The number of hydrogen-bond donors (Lipinski definition) is 1. The SMILES string of the molecule is O=C(Nc1ccc(N2CCCS2(=O)=O)cc1)c1ccco1. The van der Waals surface area contributed by atoms with Crippen molar-refractivity contribution in [3.05, 3.63) is 48.4 Å². The van der Waals surface area contributed by atoms with Gasteiger partial charge in [-0.3, -0.25) is 9.10 Å². The van der Waals surface area contributed by atoms with Crippen LogP contribution in [0.25, 0.3) is 0 Å². The lowest BCUT2D eigenvalue weighted by Gasteiger charge is -2.17. The molecule has 2 aromatic rings. The van der Waals surface area contributed by atoms with Crippen LogP contribution in [-0.2, 0) is 10.0 Å². The van der Waals surface area contributed by atoms with Gasteiger partial charge in [0.1, 0.15) is 0 Å². The Morgan fingerprint density at radius 1 is 1.19 bits per heavy atom. The quantitative estimate of drug-likeness (QED) is 0.941. The molecule has 1 N–H and O–H groups in total. The number of carbonyl (C=O) groups excluding carboxylic acids is 1. The van der Waals surface area contributed by atoms with E-state index in [0.717, 1.165) is 0 Å². The van der Waals surface area contributed by atoms with E-state index in [1.807, 2.05) is 0 Å². The van der Waals surface area contributed by atoms with Gasteiger partial charge in [0.15, 0.2) is 5.76 Å². The molecule has 0 bridgehead atoms. The normalized spacial score (nSPS) is 16.9. The molecule has 2 heterocycles.